The van der Waals surface area contributed by atoms with Gasteiger partial charge in [-0.25, -0.2) is 0 Å². The summed E-state index contributed by atoms with van der Waals surface area (Å²) in [6.45, 7) is -0.578. The van der Waals surface area contributed by atoms with Gasteiger partial charge in [0.05, 0.1) is 17.7 Å². The van der Waals surface area contributed by atoms with E-state index in [2.05, 4.69) is 5.32 Å². The van der Waals surface area contributed by atoms with Gasteiger partial charge in [-0.15, -0.1) is 0 Å². The van der Waals surface area contributed by atoms with Crippen molar-refractivity contribution in [1.82, 2.24) is 5.32 Å². The Balaban J connectivity index is 1.91. The van der Waals surface area contributed by atoms with Crippen molar-refractivity contribution in [2.45, 2.75) is 30.3 Å². The Morgan fingerprint density at radius 1 is 1.17 bits per heavy atom. The number of carbonyl (C=O) groups is 1. The van der Waals surface area contributed by atoms with E-state index >= 15 is 0 Å². The van der Waals surface area contributed by atoms with Gasteiger partial charge in [-0.1, -0.05) is 0 Å². The Morgan fingerprint density at radius 3 is 2.62 bits per heavy atom. The number of nitrogens with one attached hydrogen (secondary N) is 1. The van der Waals surface area contributed by atoms with E-state index in [1.54, 1.807) is 0 Å². The molecule has 0 unspecified atom stereocenters. The molecule has 1 aromatic carbocycles. The fraction of sp³-hybridized carbons (Fsp3) is 0.533. The summed E-state index contributed by atoms with van der Waals surface area (Å²) in [7, 11) is 0. The summed E-state index contributed by atoms with van der Waals surface area (Å²) in [5.41, 5.74) is 0.282. The highest BCUT2D eigenvalue weighted by molar-refractivity contribution is 6.01. The molecule has 1 amide bonds. The number of fused-ring (bicyclic) bond motifs is 4. The molecule has 0 saturated heterocycles. The van der Waals surface area contributed by atoms with Crippen molar-refractivity contribution in [3.63, 3.8) is 0 Å². The van der Waals surface area contributed by atoms with Crippen molar-refractivity contribution < 1.29 is 39.8 Å². The average molecular weight is 339 g/mol. The van der Waals surface area contributed by atoms with Crippen LogP contribution in [0.5, 0.6) is 17.2 Å². The third-order valence-electron chi connectivity index (χ3n) is 5.12. The average Bonchev–Trinajstić information content (AvgIpc) is 3.03. The van der Waals surface area contributed by atoms with Gasteiger partial charge in [-0.3, -0.25) is 4.79 Å². The van der Waals surface area contributed by atoms with Crippen LogP contribution in [0.2, 0.25) is 0 Å². The number of aromatic hydroxyl groups is 1. The number of amides is 1. The maximum absolute atomic E-state index is 12.4. The second-order valence-corrected chi connectivity index (χ2v) is 6.27. The van der Waals surface area contributed by atoms with Crippen molar-refractivity contribution >= 4 is 5.91 Å². The quantitative estimate of drug-likeness (QED) is 0.345. The second kappa shape index (κ2) is 5.21. The summed E-state index contributed by atoms with van der Waals surface area (Å²) in [5.74, 6) is -2.28. The van der Waals surface area contributed by atoms with E-state index in [0.717, 1.165) is 0 Å². The lowest BCUT2D eigenvalue weighted by Crippen LogP contribution is -2.65. The normalized spacial score (nSPS) is 36.8. The van der Waals surface area contributed by atoms with Gasteiger partial charge < -0.3 is 40.3 Å². The lowest BCUT2D eigenvalue weighted by atomic mass is 9.66. The molecule has 9 nitrogen and oxygen atoms in total. The predicted molar refractivity (Wildman–Crippen MR) is 76.8 cm³/mol. The van der Waals surface area contributed by atoms with Crippen molar-refractivity contribution in [3.05, 3.63) is 17.2 Å². The Morgan fingerprint density at radius 2 is 1.92 bits per heavy atom. The predicted octanol–water partition coefficient (Wildman–Crippen LogP) is -1.98. The zero-order valence-electron chi connectivity index (χ0n) is 12.4. The first-order valence-corrected chi connectivity index (χ1v) is 7.57. The highest BCUT2D eigenvalue weighted by atomic mass is 16.7. The molecular formula is C15H17NO8. The highest BCUT2D eigenvalue weighted by Crippen LogP contribution is 2.51. The van der Waals surface area contributed by atoms with Crippen LogP contribution in [-0.2, 0) is 0 Å². The molecule has 2 heterocycles. The first-order valence-electron chi connectivity index (χ1n) is 7.57. The molecule has 6 atom stereocenters. The Bertz CT molecular complexity index is 707. The van der Waals surface area contributed by atoms with Crippen LogP contribution in [0.25, 0.3) is 0 Å². The Hall–Kier alpha value is -2.07. The van der Waals surface area contributed by atoms with Crippen molar-refractivity contribution in [3.8, 4) is 17.2 Å². The molecule has 1 aromatic rings. The standard InChI is InChI=1S/C15H17NO8/c17-2-5-7-4-1-6-14(24-3-23-6)11(19)8(4)15(22)16-9(7)12(20)13(21)10(5)18/h1,5,7,9-10,12-13,17-21H,2-3H2,(H,16,22)/t5-,7+,9-,10+,12+,13-/m1/s1. The van der Waals surface area contributed by atoms with Crippen LogP contribution in [0.3, 0.4) is 0 Å². The maximum Gasteiger partial charge on any atom is 0.255 e. The lowest BCUT2D eigenvalue weighted by molar-refractivity contribution is -0.138. The summed E-state index contributed by atoms with van der Waals surface area (Å²) in [6.07, 6.45) is -4.31. The first kappa shape index (κ1) is 15.5. The van der Waals surface area contributed by atoms with E-state index in [1.165, 1.54) is 6.07 Å². The zero-order chi connectivity index (χ0) is 17.2. The van der Waals surface area contributed by atoms with E-state index in [9.17, 15) is 30.3 Å². The van der Waals surface area contributed by atoms with Gasteiger partial charge in [0, 0.05) is 18.4 Å². The van der Waals surface area contributed by atoms with Crippen molar-refractivity contribution in [1.29, 1.82) is 0 Å². The largest absolute Gasteiger partial charge is 0.504 e. The molecule has 130 valence electrons. The molecule has 3 aliphatic rings. The molecule has 0 spiro atoms. The van der Waals surface area contributed by atoms with E-state index in [-0.39, 0.29) is 29.6 Å². The Labute approximate surface area is 136 Å². The van der Waals surface area contributed by atoms with Crippen LogP contribution in [0.15, 0.2) is 6.07 Å². The molecule has 1 saturated carbocycles. The minimum absolute atomic E-state index is 0.0465. The molecular weight excluding hydrogens is 322 g/mol. The summed E-state index contributed by atoms with van der Waals surface area (Å²) in [5, 5.41) is 53.0. The monoisotopic (exact) mass is 339 g/mol. The summed E-state index contributed by atoms with van der Waals surface area (Å²) >= 11 is 0. The smallest absolute Gasteiger partial charge is 0.255 e. The number of benzene rings is 1. The molecule has 1 fully saturated rings. The highest BCUT2D eigenvalue weighted by Gasteiger charge is 2.53. The third kappa shape index (κ3) is 1.86. The van der Waals surface area contributed by atoms with E-state index < -0.39 is 48.7 Å². The fourth-order valence-electron chi connectivity index (χ4n) is 3.95. The van der Waals surface area contributed by atoms with E-state index in [4.69, 9.17) is 9.47 Å². The zero-order valence-corrected chi connectivity index (χ0v) is 12.4. The minimum Gasteiger partial charge on any atom is -0.504 e. The van der Waals surface area contributed by atoms with Gasteiger partial charge in [-0.2, -0.15) is 0 Å². The van der Waals surface area contributed by atoms with Crippen molar-refractivity contribution in [2.24, 2.45) is 5.92 Å². The van der Waals surface area contributed by atoms with Gasteiger partial charge >= 0.3 is 0 Å². The molecule has 0 bridgehead atoms. The molecule has 2 aliphatic heterocycles. The van der Waals surface area contributed by atoms with E-state index in [0.29, 0.717) is 5.56 Å². The SMILES string of the molecule is O=C1N[C@H]2[C@H](O)[C@H](O)[C@@H](O)[C@H](CO)[C@@H]2c2cc3c(c(O)c21)OCO3. The van der Waals surface area contributed by atoms with E-state index in [1.807, 2.05) is 0 Å². The third-order valence-corrected chi connectivity index (χ3v) is 5.12. The number of phenols is 1. The molecule has 0 radical (unpaired) electrons. The lowest BCUT2D eigenvalue weighted by Gasteiger charge is -2.48. The molecule has 4 rings (SSSR count). The van der Waals surface area contributed by atoms with Gasteiger partial charge in [-0.05, 0) is 11.6 Å². The molecule has 0 aromatic heterocycles. The molecule has 1 aliphatic carbocycles. The minimum atomic E-state index is -1.51. The number of aliphatic hydroxyl groups excluding tert-OH is 4. The number of aliphatic hydroxyl groups is 4. The number of phenolic OH excluding ortho intramolecular Hbond substituents is 1. The van der Waals surface area contributed by atoms with Crippen LogP contribution < -0.4 is 14.8 Å². The fourth-order valence-corrected chi connectivity index (χ4v) is 3.95. The van der Waals surface area contributed by atoms with Crippen LogP contribution in [-0.4, -0.2) is 69.2 Å². The number of carbonyl (C=O) groups excluding carboxylic acids is 1. The van der Waals surface area contributed by atoms with Crippen LogP contribution in [0.4, 0.5) is 0 Å². The molecule has 24 heavy (non-hydrogen) atoms. The first-order chi connectivity index (χ1) is 11.5. The van der Waals surface area contributed by atoms with Gasteiger partial charge in [0.2, 0.25) is 12.5 Å². The van der Waals surface area contributed by atoms with Crippen molar-refractivity contribution in [2.75, 3.05) is 13.4 Å². The topological polar surface area (TPSA) is 149 Å². The van der Waals surface area contributed by atoms with Crippen LogP contribution >= 0.6 is 0 Å². The second-order valence-electron chi connectivity index (χ2n) is 6.27. The number of ether oxygens (including phenoxy) is 2. The number of rotatable bonds is 1. The van der Waals surface area contributed by atoms with Gasteiger partial charge in [0.1, 0.15) is 12.2 Å². The molecule has 9 heteroatoms. The molecule has 6 N–H and O–H groups in total. The Kier molecular flexibility index (Phi) is 3.36. The number of hydrogen-bond acceptors (Lipinski definition) is 8. The summed E-state index contributed by atoms with van der Waals surface area (Å²) in [4.78, 5) is 12.4. The maximum atomic E-state index is 12.4. The van der Waals surface area contributed by atoms with Crippen LogP contribution in [0, 0.1) is 5.92 Å². The van der Waals surface area contributed by atoms with Gasteiger partial charge in [0.15, 0.2) is 11.5 Å². The summed E-state index contributed by atoms with van der Waals surface area (Å²) < 4.78 is 10.4. The van der Waals surface area contributed by atoms with Crippen LogP contribution in [0.1, 0.15) is 21.8 Å². The number of hydrogen-bond donors (Lipinski definition) is 6. The van der Waals surface area contributed by atoms with Gasteiger partial charge in [0.25, 0.3) is 5.91 Å². The summed E-state index contributed by atoms with van der Waals surface area (Å²) in [6, 6.07) is 0.591.